The van der Waals surface area contributed by atoms with Crippen molar-refractivity contribution in [2.75, 3.05) is 13.1 Å². The lowest BCUT2D eigenvalue weighted by Gasteiger charge is -2.33. The van der Waals surface area contributed by atoms with Crippen LogP contribution in [0.4, 0.5) is 0 Å². The number of nitrogens with one attached hydrogen (secondary N) is 2. The Morgan fingerprint density at radius 2 is 2.32 bits per heavy atom. The third-order valence-electron chi connectivity index (χ3n) is 4.94. The number of aromatic nitrogens is 3. The van der Waals surface area contributed by atoms with Crippen molar-refractivity contribution in [2.45, 2.75) is 52.1 Å². The van der Waals surface area contributed by atoms with Gasteiger partial charge in [-0.25, -0.2) is 0 Å². The molecule has 0 unspecified atom stereocenters. The summed E-state index contributed by atoms with van der Waals surface area (Å²) in [7, 11) is 0. The Bertz CT molecular complexity index is 697. The molecule has 0 aliphatic carbocycles. The third-order valence-corrected chi connectivity index (χ3v) is 4.94. The van der Waals surface area contributed by atoms with Crippen LogP contribution in [0.15, 0.2) is 24.5 Å². The van der Waals surface area contributed by atoms with Crippen LogP contribution >= 0.6 is 0 Å². The monoisotopic (exact) mass is 341 g/mol. The molecule has 2 N–H and O–H groups in total. The second-order valence-corrected chi connectivity index (χ2v) is 6.92. The second-order valence-electron chi connectivity index (χ2n) is 6.92. The normalized spacial score (nSPS) is 18.2. The number of amides is 1. The maximum absolute atomic E-state index is 12.3. The molecule has 0 aromatic carbocycles. The van der Waals surface area contributed by atoms with Crippen molar-refractivity contribution in [1.29, 1.82) is 0 Å². The highest BCUT2D eigenvalue weighted by Gasteiger charge is 2.21. The molecule has 0 spiro atoms. The van der Waals surface area contributed by atoms with Crippen LogP contribution in [0.2, 0.25) is 0 Å². The van der Waals surface area contributed by atoms with E-state index < -0.39 is 0 Å². The van der Waals surface area contributed by atoms with E-state index in [2.05, 4.69) is 31.5 Å². The summed E-state index contributed by atoms with van der Waals surface area (Å²) in [5, 5.41) is 10.4. The fourth-order valence-electron chi connectivity index (χ4n) is 3.38. The summed E-state index contributed by atoms with van der Waals surface area (Å²) in [6, 6.07) is 4.31. The van der Waals surface area contributed by atoms with Crippen LogP contribution in [0, 0.1) is 13.8 Å². The predicted octanol–water partition coefficient (Wildman–Crippen LogP) is 2.13. The van der Waals surface area contributed by atoms with E-state index in [9.17, 15) is 4.79 Å². The molecule has 134 valence electrons. The van der Waals surface area contributed by atoms with E-state index in [0.29, 0.717) is 12.8 Å². The van der Waals surface area contributed by atoms with E-state index in [1.807, 2.05) is 26.1 Å². The standard InChI is InChI=1S/C19H27N5O/c1-14-15(2)22-23-18(14)7-8-19(25)21-17-6-4-10-24(13-17)12-16-5-3-9-20-11-16/h3,5,9,11,17H,4,6-8,10,12-13H2,1-2H3,(H,21,25)(H,22,23)/t17-/m1/s1. The van der Waals surface area contributed by atoms with Gasteiger partial charge in [-0.15, -0.1) is 0 Å². The van der Waals surface area contributed by atoms with Gasteiger partial charge in [-0.05, 0) is 50.4 Å². The van der Waals surface area contributed by atoms with E-state index in [-0.39, 0.29) is 11.9 Å². The lowest BCUT2D eigenvalue weighted by atomic mass is 10.0. The van der Waals surface area contributed by atoms with Gasteiger partial charge in [-0.1, -0.05) is 6.07 Å². The van der Waals surface area contributed by atoms with Gasteiger partial charge in [-0.2, -0.15) is 5.10 Å². The Labute approximate surface area is 149 Å². The minimum atomic E-state index is 0.119. The summed E-state index contributed by atoms with van der Waals surface area (Å²) < 4.78 is 0. The van der Waals surface area contributed by atoms with E-state index in [1.54, 1.807) is 6.20 Å². The van der Waals surface area contributed by atoms with Crippen molar-refractivity contribution < 1.29 is 4.79 Å². The van der Waals surface area contributed by atoms with Gasteiger partial charge in [0.2, 0.25) is 5.91 Å². The Kier molecular flexibility index (Phi) is 5.81. The third kappa shape index (κ3) is 4.89. The first kappa shape index (κ1) is 17.6. The molecule has 6 heteroatoms. The van der Waals surface area contributed by atoms with Crippen LogP contribution in [0.3, 0.4) is 0 Å². The number of piperidine rings is 1. The first-order valence-corrected chi connectivity index (χ1v) is 9.03. The van der Waals surface area contributed by atoms with Crippen molar-refractivity contribution >= 4 is 5.91 Å². The van der Waals surface area contributed by atoms with Crippen molar-refractivity contribution in [1.82, 2.24) is 25.4 Å². The highest BCUT2D eigenvalue weighted by atomic mass is 16.1. The van der Waals surface area contributed by atoms with E-state index in [4.69, 9.17) is 0 Å². The zero-order valence-electron chi connectivity index (χ0n) is 15.1. The summed E-state index contributed by atoms with van der Waals surface area (Å²) in [4.78, 5) is 18.9. The Morgan fingerprint density at radius 1 is 1.44 bits per heavy atom. The molecule has 0 radical (unpaired) electrons. The summed E-state index contributed by atoms with van der Waals surface area (Å²) in [5.41, 5.74) is 4.45. The molecule has 25 heavy (non-hydrogen) atoms. The summed E-state index contributed by atoms with van der Waals surface area (Å²) in [6.07, 6.45) is 7.05. The van der Waals surface area contributed by atoms with Crippen LogP contribution in [-0.2, 0) is 17.8 Å². The Hall–Kier alpha value is -2.21. The quantitative estimate of drug-likeness (QED) is 0.844. The Balaban J connectivity index is 1.45. The topological polar surface area (TPSA) is 73.9 Å². The van der Waals surface area contributed by atoms with Gasteiger partial charge in [0.25, 0.3) is 0 Å². The van der Waals surface area contributed by atoms with Gasteiger partial charge in [-0.3, -0.25) is 19.8 Å². The molecular weight excluding hydrogens is 314 g/mol. The number of pyridine rings is 1. The van der Waals surface area contributed by atoms with Gasteiger partial charge in [0, 0.05) is 50.1 Å². The molecule has 2 aromatic rings. The van der Waals surface area contributed by atoms with Gasteiger partial charge in [0.1, 0.15) is 0 Å². The van der Waals surface area contributed by atoms with Crippen LogP contribution < -0.4 is 5.32 Å². The largest absolute Gasteiger partial charge is 0.352 e. The lowest BCUT2D eigenvalue weighted by Crippen LogP contribution is -2.47. The minimum absolute atomic E-state index is 0.119. The fourth-order valence-corrected chi connectivity index (χ4v) is 3.38. The number of aromatic amines is 1. The highest BCUT2D eigenvalue weighted by Crippen LogP contribution is 2.14. The summed E-state index contributed by atoms with van der Waals surface area (Å²) >= 11 is 0. The molecule has 0 saturated carbocycles. The van der Waals surface area contributed by atoms with Crippen LogP contribution in [-0.4, -0.2) is 45.1 Å². The predicted molar refractivity (Wildman–Crippen MR) is 97.1 cm³/mol. The van der Waals surface area contributed by atoms with Crippen LogP contribution in [0.5, 0.6) is 0 Å². The smallest absolute Gasteiger partial charge is 0.220 e. The van der Waals surface area contributed by atoms with Crippen molar-refractivity contribution in [3.63, 3.8) is 0 Å². The van der Waals surface area contributed by atoms with Crippen molar-refractivity contribution in [3.8, 4) is 0 Å². The number of likely N-dealkylation sites (tertiary alicyclic amines) is 1. The van der Waals surface area contributed by atoms with Crippen LogP contribution in [0.1, 0.15) is 41.8 Å². The SMILES string of the molecule is Cc1[nH]nc(CCC(=O)N[C@@H]2CCCN(Cc3cccnc3)C2)c1C. The van der Waals surface area contributed by atoms with Gasteiger partial charge < -0.3 is 5.32 Å². The molecule has 1 fully saturated rings. The number of nitrogens with zero attached hydrogens (tertiary/aromatic N) is 3. The van der Waals surface area contributed by atoms with E-state index in [1.165, 1.54) is 5.56 Å². The number of carbonyl (C=O) groups is 1. The molecule has 3 heterocycles. The van der Waals surface area contributed by atoms with E-state index >= 15 is 0 Å². The molecule has 2 aromatic heterocycles. The molecule has 1 aliphatic rings. The molecule has 1 atom stereocenters. The van der Waals surface area contributed by atoms with Gasteiger partial charge in [0.05, 0.1) is 5.69 Å². The van der Waals surface area contributed by atoms with Crippen molar-refractivity contribution in [3.05, 3.63) is 47.0 Å². The maximum atomic E-state index is 12.3. The number of hydrogen-bond donors (Lipinski definition) is 2. The Morgan fingerprint density at radius 3 is 3.04 bits per heavy atom. The minimum Gasteiger partial charge on any atom is -0.352 e. The maximum Gasteiger partial charge on any atom is 0.220 e. The molecular formula is C19H27N5O. The lowest BCUT2D eigenvalue weighted by molar-refractivity contribution is -0.122. The fraction of sp³-hybridized carbons (Fsp3) is 0.526. The molecule has 6 nitrogen and oxygen atoms in total. The average molecular weight is 341 g/mol. The first-order valence-electron chi connectivity index (χ1n) is 9.03. The van der Waals surface area contributed by atoms with Gasteiger partial charge >= 0.3 is 0 Å². The van der Waals surface area contributed by atoms with Crippen LogP contribution in [0.25, 0.3) is 0 Å². The number of carbonyl (C=O) groups excluding carboxylic acids is 1. The number of rotatable bonds is 6. The first-order chi connectivity index (χ1) is 12.1. The van der Waals surface area contributed by atoms with E-state index in [0.717, 1.165) is 49.4 Å². The molecule has 0 bridgehead atoms. The number of H-pyrrole nitrogens is 1. The number of aryl methyl sites for hydroxylation is 2. The van der Waals surface area contributed by atoms with Gasteiger partial charge in [0.15, 0.2) is 0 Å². The summed E-state index contributed by atoms with van der Waals surface area (Å²) in [6.45, 7) is 6.93. The molecule has 3 rings (SSSR count). The number of hydrogen-bond acceptors (Lipinski definition) is 4. The molecule has 1 amide bonds. The highest BCUT2D eigenvalue weighted by molar-refractivity contribution is 5.76. The molecule has 1 aliphatic heterocycles. The second kappa shape index (κ2) is 8.25. The summed E-state index contributed by atoms with van der Waals surface area (Å²) in [5.74, 6) is 0.119. The average Bonchev–Trinajstić information content (AvgIpc) is 2.93. The van der Waals surface area contributed by atoms with Crippen molar-refractivity contribution in [2.24, 2.45) is 0 Å². The molecule has 1 saturated heterocycles. The zero-order chi connectivity index (χ0) is 17.6. The zero-order valence-corrected chi connectivity index (χ0v) is 15.1.